The number of hydrogen-bond donors (Lipinski definition) is 0. The monoisotopic (exact) mass is 301 g/mol. The third-order valence-electron chi connectivity index (χ3n) is 2.97. The third-order valence-corrected chi connectivity index (χ3v) is 3.21. The maximum Gasteiger partial charge on any atom is 0.261 e. The van der Waals surface area contributed by atoms with Gasteiger partial charge < -0.3 is 9.30 Å². The fourth-order valence-corrected chi connectivity index (χ4v) is 2.22. The van der Waals surface area contributed by atoms with Crippen LogP contribution in [0.25, 0.3) is 10.9 Å². The molecule has 108 valence electrons. The number of aryl methyl sites for hydroxylation is 1. The van der Waals surface area contributed by atoms with Crippen LogP contribution in [0.3, 0.4) is 0 Å². The van der Waals surface area contributed by atoms with Crippen molar-refractivity contribution < 1.29 is 18.3 Å². The normalized spacial score (nSPS) is 11.4. The average molecular weight is 302 g/mol. The second-order valence-corrected chi connectivity index (χ2v) is 4.89. The van der Waals surface area contributed by atoms with Gasteiger partial charge in [0.25, 0.3) is 6.43 Å². The molecule has 0 saturated carbocycles. The van der Waals surface area contributed by atoms with Crippen molar-refractivity contribution in [3.63, 3.8) is 0 Å². The number of halogens is 3. The summed E-state index contributed by atoms with van der Waals surface area (Å²) in [5.74, 6) is -0.132. The number of carbonyl (C=O) groups excluding carboxylic acids is 1. The van der Waals surface area contributed by atoms with E-state index in [0.717, 1.165) is 10.9 Å². The van der Waals surface area contributed by atoms with E-state index in [9.17, 15) is 13.6 Å². The summed E-state index contributed by atoms with van der Waals surface area (Å²) in [5.41, 5.74) is 1.41. The standard InChI is InChI=1S/C14H14ClF2NO2/c1-18-7-11(10-3-2-9(15)6-12(10)18)13(19)4-5-20-8-14(16)17/h2-3,6-7,14H,4-5,8H2,1H3. The Labute approximate surface area is 120 Å². The average Bonchev–Trinajstić information content (AvgIpc) is 2.71. The second-order valence-electron chi connectivity index (χ2n) is 4.45. The van der Waals surface area contributed by atoms with Crippen molar-refractivity contribution in [1.82, 2.24) is 4.57 Å². The van der Waals surface area contributed by atoms with Crippen molar-refractivity contribution in [1.29, 1.82) is 0 Å². The molecular formula is C14H14ClF2NO2. The molecule has 0 N–H and O–H groups in total. The van der Waals surface area contributed by atoms with Crippen LogP contribution in [0.15, 0.2) is 24.4 Å². The number of aromatic nitrogens is 1. The highest BCUT2D eigenvalue weighted by Crippen LogP contribution is 2.25. The summed E-state index contributed by atoms with van der Waals surface area (Å²) in [4.78, 5) is 12.1. The predicted molar refractivity (Wildman–Crippen MR) is 73.7 cm³/mol. The Kier molecular flexibility index (Phi) is 4.73. The highest BCUT2D eigenvalue weighted by Gasteiger charge is 2.14. The van der Waals surface area contributed by atoms with Crippen LogP contribution in [-0.4, -0.2) is 30.0 Å². The van der Waals surface area contributed by atoms with Crippen LogP contribution in [0, 0.1) is 0 Å². The van der Waals surface area contributed by atoms with E-state index in [1.807, 2.05) is 11.6 Å². The van der Waals surface area contributed by atoms with E-state index in [0.29, 0.717) is 10.6 Å². The molecule has 1 heterocycles. The van der Waals surface area contributed by atoms with Gasteiger partial charge >= 0.3 is 0 Å². The summed E-state index contributed by atoms with van der Waals surface area (Å²) in [6.07, 6.45) is -0.713. The van der Waals surface area contributed by atoms with Gasteiger partial charge in [0.2, 0.25) is 0 Å². The van der Waals surface area contributed by atoms with Crippen molar-refractivity contribution in [2.45, 2.75) is 12.8 Å². The highest BCUT2D eigenvalue weighted by atomic mass is 35.5. The molecule has 0 unspecified atom stereocenters. The van der Waals surface area contributed by atoms with Crippen LogP contribution in [0.1, 0.15) is 16.8 Å². The molecule has 2 rings (SSSR count). The number of ketones is 1. The zero-order chi connectivity index (χ0) is 14.7. The lowest BCUT2D eigenvalue weighted by molar-refractivity contribution is 0.0170. The van der Waals surface area contributed by atoms with Crippen LogP contribution < -0.4 is 0 Å². The number of alkyl halides is 2. The minimum absolute atomic E-state index is 0.00679. The molecule has 0 bridgehead atoms. The van der Waals surface area contributed by atoms with Crippen LogP contribution in [0.4, 0.5) is 8.78 Å². The molecule has 3 nitrogen and oxygen atoms in total. The Morgan fingerprint density at radius 2 is 2.20 bits per heavy atom. The Morgan fingerprint density at radius 3 is 2.90 bits per heavy atom. The topological polar surface area (TPSA) is 31.2 Å². The molecule has 0 aliphatic heterocycles. The van der Waals surface area contributed by atoms with Gasteiger partial charge in [0.1, 0.15) is 6.61 Å². The zero-order valence-corrected chi connectivity index (χ0v) is 11.7. The number of ether oxygens (including phenoxy) is 1. The van der Waals surface area contributed by atoms with Gasteiger partial charge in [-0.3, -0.25) is 4.79 Å². The fraction of sp³-hybridized carbons (Fsp3) is 0.357. The van der Waals surface area contributed by atoms with Gasteiger partial charge in [0.05, 0.1) is 6.61 Å². The SMILES string of the molecule is Cn1cc(C(=O)CCOCC(F)F)c2ccc(Cl)cc21. The highest BCUT2D eigenvalue weighted by molar-refractivity contribution is 6.31. The second kappa shape index (κ2) is 6.33. The van der Waals surface area contributed by atoms with Crippen LogP contribution in [0.5, 0.6) is 0 Å². The maximum atomic E-state index is 12.1. The Morgan fingerprint density at radius 1 is 1.45 bits per heavy atom. The summed E-state index contributed by atoms with van der Waals surface area (Å²) in [7, 11) is 1.82. The lowest BCUT2D eigenvalue weighted by Gasteiger charge is -2.02. The summed E-state index contributed by atoms with van der Waals surface area (Å²) in [6.45, 7) is -0.647. The Bertz CT molecular complexity index is 625. The van der Waals surface area contributed by atoms with E-state index in [-0.39, 0.29) is 18.8 Å². The number of fused-ring (bicyclic) bond motifs is 1. The van der Waals surface area contributed by atoms with Crippen LogP contribution in [-0.2, 0) is 11.8 Å². The van der Waals surface area contributed by atoms with E-state index >= 15 is 0 Å². The lowest BCUT2D eigenvalue weighted by atomic mass is 10.1. The summed E-state index contributed by atoms with van der Waals surface area (Å²) >= 11 is 5.92. The van der Waals surface area contributed by atoms with Crippen molar-refractivity contribution in [2.75, 3.05) is 13.2 Å². The minimum atomic E-state index is -2.51. The molecule has 0 fully saturated rings. The van der Waals surface area contributed by atoms with E-state index in [2.05, 4.69) is 0 Å². The maximum absolute atomic E-state index is 12.1. The van der Waals surface area contributed by atoms with Crippen LogP contribution >= 0.6 is 11.6 Å². The molecule has 0 aliphatic rings. The summed E-state index contributed by atoms with van der Waals surface area (Å²) in [6, 6.07) is 5.28. The first-order chi connectivity index (χ1) is 9.49. The minimum Gasteiger partial charge on any atom is -0.375 e. The molecule has 1 aromatic heterocycles. The first-order valence-electron chi connectivity index (χ1n) is 6.12. The van der Waals surface area contributed by atoms with E-state index in [1.165, 1.54) is 0 Å². The number of benzene rings is 1. The molecule has 0 saturated heterocycles. The molecule has 6 heteroatoms. The predicted octanol–water partition coefficient (Wildman–Crippen LogP) is 3.69. The molecular weight excluding hydrogens is 288 g/mol. The summed E-state index contributed by atoms with van der Waals surface area (Å²) in [5, 5.41) is 1.40. The molecule has 0 aliphatic carbocycles. The number of Topliss-reactive ketones (excluding diaryl/α,β-unsaturated/α-hetero) is 1. The Balaban J connectivity index is 2.10. The van der Waals surface area contributed by atoms with Crippen molar-refractivity contribution in [3.05, 3.63) is 35.0 Å². The van der Waals surface area contributed by atoms with Crippen molar-refractivity contribution in [3.8, 4) is 0 Å². The first-order valence-corrected chi connectivity index (χ1v) is 6.50. The van der Waals surface area contributed by atoms with E-state index < -0.39 is 13.0 Å². The molecule has 0 spiro atoms. The van der Waals surface area contributed by atoms with Crippen molar-refractivity contribution in [2.24, 2.45) is 7.05 Å². The molecule has 0 amide bonds. The molecule has 0 atom stereocenters. The van der Waals surface area contributed by atoms with Gasteiger partial charge in [-0.15, -0.1) is 0 Å². The van der Waals surface area contributed by atoms with E-state index in [4.69, 9.17) is 16.3 Å². The number of rotatable bonds is 6. The number of hydrogen-bond acceptors (Lipinski definition) is 2. The van der Waals surface area contributed by atoms with Gasteiger partial charge in [-0.2, -0.15) is 0 Å². The Hall–Kier alpha value is -1.46. The molecule has 0 radical (unpaired) electrons. The quantitative estimate of drug-likeness (QED) is 0.602. The van der Waals surface area contributed by atoms with Gasteiger partial charge in [-0.25, -0.2) is 8.78 Å². The lowest BCUT2D eigenvalue weighted by Crippen LogP contribution is -2.09. The molecule has 20 heavy (non-hydrogen) atoms. The van der Waals surface area contributed by atoms with Crippen LogP contribution in [0.2, 0.25) is 5.02 Å². The fourth-order valence-electron chi connectivity index (χ4n) is 2.05. The van der Waals surface area contributed by atoms with Gasteiger partial charge in [-0.05, 0) is 12.1 Å². The largest absolute Gasteiger partial charge is 0.375 e. The number of nitrogens with zero attached hydrogens (tertiary/aromatic N) is 1. The van der Waals surface area contributed by atoms with Gasteiger partial charge in [0, 0.05) is 41.2 Å². The van der Waals surface area contributed by atoms with Gasteiger partial charge in [0.15, 0.2) is 5.78 Å². The third kappa shape index (κ3) is 3.35. The van der Waals surface area contributed by atoms with E-state index in [1.54, 1.807) is 24.4 Å². The smallest absolute Gasteiger partial charge is 0.261 e. The number of carbonyl (C=O) groups is 1. The van der Waals surface area contributed by atoms with Crippen molar-refractivity contribution >= 4 is 28.3 Å². The van der Waals surface area contributed by atoms with Gasteiger partial charge in [-0.1, -0.05) is 17.7 Å². The molecule has 1 aromatic carbocycles. The zero-order valence-electron chi connectivity index (χ0n) is 10.9. The first kappa shape index (κ1) is 14.9. The summed E-state index contributed by atoms with van der Waals surface area (Å²) < 4.78 is 30.4. The molecule has 2 aromatic rings.